The van der Waals surface area contributed by atoms with Crippen LogP contribution in [0.1, 0.15) is 27.7 Å². The lowest BCUT2D eigenvalue weighted by atomic mass is 10.2. The summed E-state index contributed by atoms with van der Waals surface area (Å²) in [5.41, 5.74) is 3.45. The molecule has 0 atom stereocenters. The minimum Gasteiger partial charge on any atom is -0.360 e. The van der Waals surface area contributed by atoms with Crippen LogP contribution in [-0.4, -0.2) is 11.8 Å². The van der Waals surface area contributed by atoms with E-state index in [2.05, 4.69) is 31.1 Å². The number of nitrogens with zero attached hydrogens (tertiary/aromatic N) is 1. The molecule has 0 aliphatic carbocycles. The van der Waals surface area contributed by atoms with Crippen LogP contribution in [0.15, 0.2) is 28.5 Å². The molecule has 0 aromatic rings. The summed E-state index contributed by atoms with van der Waals surface area (Å²) in [4.78, 5) is 4.53. The van der Waals surface area contributed by atoms with E-state index >= 15 is 0 Å². The SMILES string of the molecule is C/C=C1/NC=C(C)C1=NC(C)C. The first-order chi connectivity index (χ1) is 5.65. The molecule has 0 saturated heterocycles. The first kappa shape index (κ1) is 9.04. The minimum absolute atomic E-state index is 0.359. The van der Waals surface area contributed by atoms with Crippen molar-refractivity contribution < 1.29 is 0 Å². The summed E-state index contributed by atoms with van der Waals surface area (Å²) in [5, 5.41) is 3.18. The number of rotatable bonds is 1. The van der Waals surface area contributed by atoms with Crippen molar-refractivity contribution in [1.29, 1.82) is 0 Å². The minimum atomic E-state index is 0.359. The van der Waals surface area contributed by atoms with E-state index in [1.807, 2.05) is 19.2 Å². The average molecular weight is 164 g/mol. The lowest BCUT2D eigenvalue weighted by molar-refractivity contribution is 0.835. The third kappa shape index (κ3) is 1.76. The lowest BCUT2D eigenvalue weighted by Crippen LogP contribution is -2.09. The highest BCUT2D eigenvalue weighted by molar-refractivity contribution is 6.13. The Morgan fingerprint density at radius 3 is 2.67 bits per heavy atom. The molecular weight excluding hydrogens is 148 g/mol. The van der Waals surface area contributed by atoms with Gasteiger partial charge in [0.15, 0.2) is 0 Å². The summed E-state index contributed by atoms with van der Waals surface area (Å²) >= 11 is 0. The Morgan fingerprint density at radius 2 is 2.17 bits per heavy atom. The van der Waals surface area contributed by atoms with Gasteiger partial charge < -0.3 is 5.32 Å². The van der Waals surface area contributed by atoms with Crippen LogP contribution in [-0.2, 0) is 0 Å². The highest BCUT2D eigenvalue weighted by Crippen LogP contribution is 2.13. The van der Waals surface area contributed by atoms with Crippen molar-refractivity contribution in [3.8, 4) is 0 Å². The molecule has 0 amide bonds. The molecule has 1 heterocycles. The van der Waals surface area contributed by atoms with Crippen LogP contribution in [0.25, 0.3) is 0 Å². The number of hydrogen-bond donors (Lipinski definition) is 1. The van der Waals surface area contributed by atoms with Crippen LogP contribution >= 0.6 is 0 Å². The Kier molecular flexibility index (Phi) is 2.69. The van der Waals surface area contributed by atoms with Gasteiger partial charge >= 0.3 is 0 Å². The van der Waals surface area contributed by atoms with E-state index in [1.54, 1.807) is 0 Å². The zero-order valence-corrected chi connectivity index (χ0v) is 8.18. The van der Waals surface area contributed by atoms with Gasteiger partial charge in [0.2, 0.25) is 0 Å². The second kappa shape index (κ2) is 3.57. The maximum absolute atomic E-state index is 4.53. The van der Waals surface area contributed by atoms with Crippen molar-refractivity contribution in [2.45, 2.75) is 33.7 Å². The molecule has 0 unspecified atom stereocenters. The molecule has 1 aliphatic rings. The molecule has 0 saturated carbocycles. The Bertz CT molecular complexity index is 257. The van der Waals surface area contributed by atoms with Crippen LogP contribution in [0.4, 0.5) is 0 Å². The number of aliphatic imine (C=N–C) groups is 1. The van der Waals surface area contributed by atoms with Crippen LogP contribution < -0.4 is 5.32 Å². The largest absolute Gasteiger partial charge is 0.360 e. The Hall–Kier alpha value is -1.05. The highest BCUT2D eigenvalue weighted by atomic mass is 14.9. The van der Waals surface area contributed by atoms with Gasteiger partial charge in [-0.1, -0.05) is 6.08 Å². The molecular formula is C10H16N2. The van der Waals surface area contributed by atoms with Gasteiger partial charge in [-0.3, -0.25) is 4.99 Å². The Balaban J connectivity index is 2.93. The first-order valence-electron chi connectivity index (χ1n) is 4.33. The van der Waals surface area contributed by atoms with E-state index in [0.29, 0.717) is 6.04 Å². The van der Waals surface area contributed by atoms with E-state index in [9.17, 15) is 0 Å². The molecule has 1 N–H and O–H groups in total. The number of nitrogens with one attached hydrogen (secondary N) is 1. The standard InChI is InChI=1S/C10H16N2/c1-5-9-10(12-7(2)3)8(4)6-11-9/h5-7,11H,1-4H3/b9-5+,12-10?. The van der Waals surface area contributed by atoms with Crippen molar-refractivity contribution in [3.05, 3.63) is 23.5 Å². The predicted octanol–water partition coefficient (Wildman–Crippen LogP) is 2.25. The molecule has 0 fully saturated rings. The summed E-state index contributed by atoms with van der Waals surface area (Å²) in [5.74, 6) is 0. The van der Waals surface area contributed by atoms with E-state index in [1.165, 1.54) is 5.57 Å². The van der Waals surface area contributed by atoms with Gasteiger partial charge in [0.25, 0.3) is 0 Å². The quantitative estimate of drug-likeness (QED) is 0.631. The zero-order chi connectivity index (χ0) is 9.14. The Labute approximate surface area is 74.1 Å². The predicted molar refractivity (Wildman–Crippen MR) is 53.2 cm³/mol. The van der Waals surface area contributed by atoms with E-state index in [-0.39, 0.29) is 0 Å². The van der Waals surface area contributed by atoms with Crippen molar-refractivity contribution in [2.24, 2.45) is 4.99 Å². The van der Waals surface area contributed by atoms with Crippen LogP contribution in [0.5, 0.6) is 0 Å². The van der Waals surface area contributed by atoms with Crippen molar-refractivity contribution in [2.75, 3.05) is 0 Å². The fourth-order valence-electron chi connectivity index (χ4n) is 1.18. The van der Waals surface area contributed by atoms with Gasteiger partial charge in [-0.05, 0) is 33.3 Å². The van der Waals surface area contributed by atoms with Gasteiger partial charge in [0.1, 0.15) is 0 Å². The summed E-state index contributed by atoms with van der Waals surface area (Å²) in [6, 6.07) is 0.359. The van der Waals surface area contributed by atoms with E-state index in [4.69, 9.17) is 0 Å². The molecule has 12 heavy (non-hydrogen) atoms. The molecule has 2 nitrogen and oxygen atoms in total. The maximum Gasteiger partial charge on any atom is 0.0852 e. The molecule has 2 heteroatoms. The van der Waals surface area contributed by atoms with Gasteiger partial charge in [0, 0.05) is 12.2 Å². The maximum atomic E-state index is 4.53. The molecule has 0 aromatic carbocycles. The smallest absolute Gasteiger partial charge is 0.0852 e. The van der Waals surface area contributed by atoms with Gasteiger partial charge in [-0.2, -0.15) is 0 Å². The normalized spacial score (nSPS) is 23.6. The fraction of sp³-hybridized carbons (Fsp3) is 0.500. The van der Waals surface area contributed by atoms with Crippen molar-refractivity contribution >= 4 is 5.71 Å². The lowest BCUT2D eigenvalue weighted by Gasteiger charge is -2.04. The molecule has 0 bridgehead atoms. The molecule has 0 aromatic heterocycles. The topological polar surface area (TPSA) is 24.4 Å². The summed E-state index contributed by atoms with van der Waals surface area (Å²) < 4.78 is 0. The third-order valence-electron chi connectivity index (χ3n) is 1.75. The number of allylic oxidation sites excluding steroid dienone is 2. The van der Waals surface area contributed by atoms with E-state index < -0.39 is 0 Å². The summed E-state index contributed by atoms with van der Waals surface area (Å²) in [6.45, 7) is 8.27. The van der Waals surface area contributed by atoms with E-state index in [0.717, 1.165) is 11.4 Å². The Morgan fingerprint density at radius 1 is 1.50 bits per heavy atom. The molecule has 1 aliphatic heterocycles. The number of hydrogen-bond acceptors (Lipinski definition) is 2. The van der Waals surface area contributed by atoms with Crippen LogP contribution in [0.2, 0.25) is 0 Å². The molecule has 66 valence electrons. The van der Waals surface area contributed by atoms with Crippen molar-refractivity contribution in [1.82, 2.24) is 5.32 Å². The molecule has 0 radical (unpaired) electrons. The monoisotopic (exact) mass is 164 g/mol. The average Bonchev–Trinajstić information content (AvgIpc) is 2.32. The highest BCUT2D eigenvalue weighted by Gasteiger charge is 2.13. The second-order valence-corrected chi connectivity index (χ2v) is 3.25. The second-order valence-electron chi connectivity index (χ2n) is 3.25. The summed E-state index contributed by atoms with van der Waals surface area (Å²) in [7, 11) is 0. The van der Waals surface area contributed by atoms with Gasteiger partial charge in [-0.15, -0.1) is 0 Å². The molecule has 0 spiro atoms. The van der Waals surface area contributed by atoms with Crippen molar-refractivity contribution in [3.63, 3.8) is 0 Å². The zero-order valence-electron chi connectivity index (χ0n) is 8.18. The van der Waals surface area contributed by atoms with Crippen LogP contribution in [0.3, 0.4) is 0 Å². The van der Waals surface area contributed by atoms with Gasteiger partial charge in [-0.25, -0.2) is 0 Å². The first-order valence-corrected chi connectivity index (χ1v) is 4.33. The summed E-state index contributed by atoms with van der Waals surface area (Å²) in [6.07, 6.45) is 4.05. The third-order valence-corrected chi connectivity index (χ3v) is 1.75. The molecule has 1 rings (SSSR count). The van der Waals surface area contributed by atoms with Crippen LogP contribution in [0, 0.1) is 0 Å². The van der Waals surface area contributed by atoms with Gasteiger partial charge in [0.05, 0.1) is 11.4 Å². The fourth-order valence-corrected chi connectivity index (χ4v) is 1.18.